The monoisotopic (exact) mass is 429 g/mol. The number of rotatable bonds is 22. The fourth-order valence-electron chi connectivity index (χ4n) is 4.06. The lowest BCUT2D eigenvalue weighted by molar-refractivity contribution is 0.206. The van der Waals surface area contributed by atoms with Crippen molar-refractivity contribution in [3.8, 4) is 0 Å². The van der Waals surface area contributed by atoms with Crippen LogP contribution in [0, 0.1) is 0 Å². The number of hydrogen-bond donors (Lipinski definition) is 0. The molecule has 0 fully saturated rings. The van der Waals surface area contributed by atoms with Crippen LogP contribution in [-0.4, -0.2) is 89.5 Å². The van der Waals surface area contributed by atoms with Gasteiger partial charge in [0.1, 0.15) is 0 Å². The molecule has 0 N–H and O–H groups in total. The quantitative estimate of drug-likeness (QED) is 0.184. The molecular formula is C24H55N3OSi. The molecule has 0 aromatic rings. The Morgan fingerprint density at radius 2 is 0.897 bits per heavy atom. The zero-order chi connectivity index (χ0) is 21.7. The second-order valence-electron chi connectivity index (χ2n) is 8.86. The van der Waals surface area contributed by atoms with E-state index < -0.39 is 0 Å². The van der Waals surface area contributed by atoms with Crippen LogP contribution < -0.4 is 0 Å². The molecule has 29 heavy (non-hydrogen) atoms. The van der Waals surface area contributed by atoms with E-state index in [2.05, 4.69) is 56.2 Å². The highest BCUT2D eigenvalue weighted by Crippen LogP contribution is 2.04. The van der Waals surface area contributed by atoms with Crippen molar-refractivity contribution in [2.45, 2.75) is 98.6 Å². The van der Waals surface area contributed by atoms with E-state index in [1.165, 1.54) is 110 Å². The van der Waals surface area contributed by atoms with Crippen LogP contribution in [-0.2, 0) is 4.43 Å². The first-order chi connectivity index (χ1) is 14.1. The Hall–Kier alpha value is 0.0569. The highest BCUT2D eigenvalue weighted by Gasteiger charge is 2.09. The molecule has 5 heteroatoms. The van der Waals surface area contributed by atoms with Gasteiger partial charge in [0, 0.05) is 6.10 Å². The zero-order valence-electron chi connectivity index (χ0n) is 21.1. The fourth-order valence-corrected chi connectivity index (χ4v) is 5.13. The Balaban J connectivity index is 4.35. The molecule has 0 aromatic carbocycles. The molecule has 4 nitrogen and oxygen atoms in total. The van der Waals surface area contributed by atoms with Crippen LogP contribution in [0.5, 0.6) is 0 Å². The van der Waals surface area contributed by atoms with Gasteiger partial charge in [0.25, 0.3) is 0 Å². The Morgan fingerprint density at radius 1 is 0.552 bits per heavy atom. The summed E-state index contributed by atoms with van der Waals surface area (Å²) in [7, 11) is -0.314. The van der Waals surface area contributed by atoms with Crippen LogP contribution in [0.25, 0.3) is 0 Å². The Kier molecular flexibility index (Phi) is 21.3. The van der Waals surface area contributed by atoms with E-state index in [1.807, 2.05) is 0 Å². The van der Waals surface area contributed by atoms with Gasteiger partial charge in [-0.25, -0.2) is 0 Å². The largest absolute Gasteiger partial charge is 0.422 e. The van der Waals surface area contributed by atoms with Crippen molar-refractivity contribution in [3.63, 3.8) is 0 Å². The maximum atomic E-state index is 5.86. The van der Waals surface area contributed by atoms with E-state index in [1.54, 1.807) is 0 Å². The van der Waals surface area contributed by atoms with Gasteiger partial charge in [0.05, 0.1) is 0 Å². The van der Waals surface area contributed by atoms with E-state index in [0.29, 0.717) is 6.10 Å². The van der Waals surface area contributed by atoms with Crippen molar-refractivity contribution in [2.24, 2.45) is 0 Å². The van der Waals surface area contributed by atoms with Gasteiger partial charge in [-0.05, 0) is 124 Å². The summed E-state index contributed by atoms with van der Waals surface area (Å²) in [6, 6.07) is 1.32. The van der Waals surface area contributed by atoms with Crippen molar-refractivity contribution in [1.82, 2.24) is 14.7 Å². The minimum absolute atomic E-state index is 0.314. The number of nitrogens with zero attached hydrogens (tertiary/aromatic N) is 3. The molecule has 0 atom stereocenters. The lowest BCUT2D eigenvalue weighted by Crippen LogP contribution is -2.34. The van der Waals surface area contributed by atoms with Crippen molar-refractivity contribution in [3.05, 3.63) is 0 Å². The van der Waals surface area contributed by atoms with Gasteiger partial charge in [-0.3, -0.25) is 0 Å². The van der Waals surface area contributed by atoms with Crippen LogP contribution in [0.3, 0.4) is 0 Å². The predicted octanol–water partition coefficient (Wildman–Crippen LogP) is 4.63. The van der Waals surface area contributed by atoms with Crippen LogP contribution >= 0.6 is 0 Å². The number of hydrogen-bond acceptors (Lipinski definition) is 4. The summed E-state index contributed by atoms with van der Waals surface area (Å²) in [6.45, 7) is 24.9. The Bertz CT molecular complexity index is 297. The molecular weight excluding hydrogens is 374 g/mol. The van der Waals surface area contributed by atoms with Crippen LogP contribution in [0.1, 0.15) is 86.5 Å². The average molecular weight is 430 g/mol. The van der Waals surface area contributed by atoms with Gasteiger partial charge in [0.2, 0.25) is 0 Å². The minimum Gasteiger partial charge on any atom is -0.422 e. The first-order valence-corrected chi connectivity index (χ1v) is 14.4. The Morgan fingerprint density at radius 3 is 1.24 bits per heavy atom. The molecule has 0 aliphatic heterocycles. The fraction of sp³-hybridized carbons (Fsp3) is 1.00. The summed E-state index contributed by atoms with van der Waals surface area (Å²) in [5.74, 6) is 0. The lowest BCUT2D eigenvalue weighted by atomic mass is 10.2. The molecule has 0 aliphatic rings. The van der Waals surface area contributed by atoms with Crippen LogP contribution in [0.15, 0.2) is 0 Å². The molecule has 176 valence electrons. The van der Waals surface area contributed by atoms with Gasteiger partial charge in [0.15, 0.2) is 9.76 Å². The highest BCUT2D eigenvalue weighted by atomic mass is 28.2. The molecule has 0 amide bonds. The molecule has 0 rings (SSSR count). The summed E-state index contributed by atoms with van der Waals surface area (Å²) < 4.78 is 5.86. The topological polar surface area (TPSA) is 19.0 Å². The first kappa shape index (κ1) is 29.1. The summed E-state index contributed by atoms with van der Waals surface area (Å²) in [4.78, 5) is 8.06. The summed E-state index contributed by atoms with van der Waals surface area (Å²) in [5.41, 5.74) is 0. The molecule has 0 saturated carbocycles. The van der Waals surface area contributed by atoms with Gasteiger partial charge >= 0.3 is 0 Å². The minimum atomic E-state index is -0.314. The molecule has 0 bridgehead atoms. The molecule has 0 spiro atoms. The van der Waals surface area contributed by atoms with Gasteiger partial charge < -0.3 is 19.1 Å². The Labute approximate surface area is 186 Å². The van der Waals surface area contributed by atoms with Crippen molar-refractivity contribution >= 4 is 9.76 Å². The second kappa shape index (κ2) is 21.3. The molecule has 0 aromatic heterocycles. The van der Waals surface area contributed by atoms with E-state index in [4.69, 9.17) is 4.43 Å². The standard InChI is InChI=1S/C24H55N3OSi/c1-7-14-25(15-8-2)18-11-20-27(22-13-23-29-28-24(5)6)21-12-19-26(16-9-3)17-10-4/h24H,7-23,29H2,1-6H3. The summed E-state index contributed by atoms with van der Waals surface area (Å²) in [6.07, 6.45) is 9.46. The lowest BCUT2D eigenvalue weighted by Gasteiger charge is -2.27. The van der Waals surface area contributed by atoms with Crippen LogP contribution in [0.2, 0.25) is 6.04 Å². The molecule has 0 heterocycles. The second-order valence-corrected chi connectivity index (χ2v) is 10.3. The van der Waals surface area contributed by atoms with Crippen molar-refractivity contribution in [1.29, 1.82) is 0 Å². The summed E-state index contributed by atoms with van der Waals surface area (Å²) in [5, 5.41) is 0. The maximum Gasteiger partial charge on any atom is 0.161 e. The molecule has 0 unspecified atom stereocenters. The molecule has 0 saturated heterocycles. The van der Waals surface area contributed by atoms with Crippen molar-refractivity contribution < 1.29 is 4.43 Å². The SMILES string of the molecule is CCCN(CCC)CCCN(CCC[SiH2]OC(C)C)CCCN(CCC)CCC. The van der Waals surface area contributed by atoms with Gasteiger partial charge in [-0.1, -0.05) is 27.7 Å². The predicted molar refractivity (Wildman–Crippen MR) is 134 cm³/mol. The third-order valence-electron chi connectivity index (χ3n) is 5.38. The third kappa shape index (κ3) is 18.5. The van der Waals surface area contributed by atoms with E-state index in [9.17, 15) is 0 Å². The normalized spacial score (nSPS) is 12.6. The van der Waals surface area contributed by atoms with Crippen molar-refractivity contribution in [2.75, 3.05) is 58.9 Å². The average Bonchev–Trinajstić information content (AvgIpc) is 2.67. The smallest absolute Gasteiger partial charge is 0.161 e. The maximum absolute atomic E-state index is 5.86. The van der Waals surface area contributed by atoms with Crippen LogP contribution in [0.4, 0.5) is 0 Å². The highest BCUT2D eigenvalue weighted by molar-refractivity contribution is 6.27. The van der Waals surface area contributed by atoms with Gasteiger partial charge in [-0.15, -0.1) is 0 Å². The van der Waals surface area contributed by atoms with E-state index >= 15 is 0 Å². The first-order valence-electron chi connectivity index (χ1n) is 12.9. The molecule has 0 aliphatic carbocycles. The van der Waals surface area contributed by atoms with Gasteiger partial charge in [-0.2, -0.15) is 0 Å². The molecule has 0 radical (unpaired) electrons. The third-order valence-corrected chi connectivity index (χ3v) is 7.07. The zero-order valence-corrected chi connectivity index (χ0v) is 22.5. The van der Waals surface area contributed by atoms with E-state index in [-0.39, 0.29) is 9.76 Å². The summed E-state index contributed by atoms with van der Waals surface area (Å²) >= 11 is 0. The van der Waals surface area contributed by atoms with E-state index in [0.717, 1.165) is 0 Å².